The molecule has 0 aromatic heterocycles. The second-order valence-corrected chi connectivity index (χ2v) is 9.15. The van der Waals surface area contributed by atoms with Crippen LogP contribution >= 0.6 is 11.6 Å². The van der Waals surface area contributed by atoms with Crippen molar-refractivity contribution in [3.8, 4) is 11.5 Å². The van der Waals surface area contributed by atoms with Crippen molar-refractivity contribution in [2.24, 2.45) is 0 Å². The summed E-state index contributed by atoms with van der Waals surface area (Å²) in [7, 11) is 3.64. The van der Waals surface area contributed by atoms with Gasteiger partial charge in [-0.25, -0.2) is 4.79 Å². The smallest absolute Gasteiger partial charge is 0.412 e. The van der Waals surface area contributed by atoms with Gasteiger partial charge >= 0.3 is 12.7 Å². The van der Waals surface area contributed by atoms with Crippen molar-refractivity contribution >= 4 is 29.1 Å². The number of carboxylic acid groups (broad SMARTS) is 1. The normalized spacial score (nSPS) is 17.4. The van der Waals surface area contributed by atoms with Crippen LogP contribution in [-0.2, 0) is 6.54 Å². The lowest BCUT2D eigenvalue weighted by Gasteiger charge is -2.49. The molecule has 0 aliphatic carbocycles. The highest BCUT2D eigenvalue weighted by Crippen LogP contribution is 2.42. The SMILES string of the molecule is COc1ccc(CN(C(=O)O)c2cc(OC(F)F)cc(N3CC(N4CCN(C)CC4)C3)c2Cl)cc1. The Morgan fingerprint density at radius 3 is 2.37 bits per heavy atom. The van der Waals surface area contributed by atoms with Gasteiger partial charge in [0.05, 0.1) is 30.1 Å². The zero-order chi connectivity index (χ0) is 25.1. The number of piperazine rings is 1. The number of hydrogen-bond acceptors (Lipinski definition) is 6. The summed E-state index contributed by atoms with van der Waals surface area (Å²) in [6, 6.07) is 9.93. The largest absolute Gasteiger partial charge is 0.497 e. The van der Waals surface area contributed by atoms with E-state index in [2.05, 4.69) is 21.6 Å². The Bertz CT molecular complexity index is 1030. The molecule has 35 heavy (non-hydrogen) atoms. The highest BCUT2D eigenvalue weighted by molar-refractivity contribution is 6.36. The first-order valence-corrected chi connectivity index (χ1v) is 11.7. The number of rotatable bonds is 8. The summed E-state index contributed by atoms with van der Waals surface area (Å²) in [5, 5.41) is 10.1. The Kier molecular flexibility index (Phi) is 7.83. The van der Waals surface area contributed by atoms with Gasteiger partial charge in [-0.1, -0.05) is 23.7 Å². The molecular weight excluding hydrogens is 482 g/mol. The number of nitrogens with zero attached hydrogens (tertiary/aromatic N) is 4. The minimum atomic E-state index is -3.05. The van der Waals surface area contributed by atoms with Crippen molar-refractivity contribution in [3.05, 3.63) is 47.0 Å². The van der Waals surface area contributed by atoms with E-state index in [9.17, 15) is 18.7 Å². The number of hydrogen-bond donors (Lipinski definition) is 1. The van der Waals surface area contributed by atoms with Gasteiger partial charge in [0.2, 0.25) is 0 Å². The third-order valence-corrected chi connectivity index (χ3v) is 6.90. The maximum absolute atomic E-state index is 13.1. The summed E-state index contributed by atoms with van der Waals surface area (Å²) >= 11 is 6.70. The van der Waals surface area contributed by atoms with Crippen molar-refractivity contribution in [3.63, 3.8) is 0 Å². The molecule has 0 spiro atoms. The average Bonchev–Trinajstić information content (AvgIpc) is 2.79. The minimum absolute atomic E-state index is 0.0272. The molecule has 0 bridgehead atoms. The van der Waals surface area contributed by atoms with Crippen LogP contribution in [0.3, 0.4) is 0 Å². The van der Waals surface area contributed by atoms with Gasteiger partial charge in [0, 0.05) is 57.4 Å². The quantitative estimate of drug-likeness (QED) is 0.574. The van der Waals surface area contributed by atoms with Crippen LogP contribution in [0, 0.1) is 0 Å². The molecule has 2 saturated heterocycles. The van der Waals surface area contributed by atoms with Gasteiger partial charge in [-0.15, -0.1) is 0 Å². The first kappa shape index (κ1) is 25.3. The molecule has 1 amide bonds. The second-order valence-electron chi connectivity index (χ2n) is 8.77. The molecule has 2 aromatic carbocycles. The van der Waals surface area contributed by atoms with E-state index in [4.69, 9.17) is 16.3 Å². The maximum atomic E-state index is 13.1. The van der Waals surface area contributed by atoms with E-state index in [0.717, 1.165) is 31.1 Å². The van der Waals surface area contributed by atoms with Crippen LogP contribution in [0.15, 0.2) is 36.4 Å². The van der Waals surface area contributed by atoms with Gasteiger partial charge in [0.25, 0.3) is 0 Å². The zero-order valence-electron chi connectivity index (χ0n) is 19.7. The average molecular weight is 511 g/mol. The van der Waals surface area contributed by atoms with Gasteiger partial charge in [0.1, 0.15) is 11.5 Å². The Morgan fingerprint density at radius 1 is 1.14 bits per heavy atom. The molecule has 0 unspecified atom stereocenters. The number of anilines is 2. The fourth-order valence-electron chi connectivity index (χ4n) is 4.41. The topological polar surface area (TPSA) is 68.7 Å². The highest BCUT2D eigenvalue weighted by Gasteiger charge is 2.35. The van der Waals surface area contributed by atoms with Crippen LogP contribution in [0.25, 0.3) is 0 Å². The van der Waals surface area contributed by atoms with E-state index in [1.165, 1.54) is 12.1 Å². The predicted octanol–water partition coefficient (Wildman–Crippen LogP) is 4.07. The molecule has 11 heteroatoms. The van der Waals surface area contributed by atoms with Crippen LogP contribution in [-0.4, -0.2) is 87.1 Å². The molecule has 2 aliphatic heterocycles. The van der Waals surface area contributed by atoms with E-state index < -0.39 is 12.7 Å². The molecule has 2 heterocycles. The van der Waals surface area contributed by atoms with Crippen molar-refractivity contribution in [2.75, 3.05) is 63.2 Å². The van der Waals surface area contributed by atoms with Crippen LogP contribution in [0.4, 0.5) is 25.0 Å². The third-order valence-electron chi connectivity index (χ3n) is 6.51. The van der Waals surface area contributed by atoms with Crippen molar-refractivity contribution in [1.29, 1.82) is 0 Å². The summed E-state index contributed by atoms with van der Waals surface area (Å²) in [6.45, 7) is 2.20. The molecule has 2 fully saturated rings. The number of amides is 1. The molecule has 1 N–H and O–H groups in total. The first-order chi connectivity index (χ1) is 16.7. The molecule has 0 saturated carbocycles. The number of halogens is 3. The van der Waals surface area contributed by atoms with E-state index in [1.807, 2.05) is 4.90 Å². The van der Waals surface area contributed by atoms with Gasteiger partial charge in [0.15, 0.2) is 0 Å². The number of benzene rings is 2. The number of alkyl halides is 2. The van der Waals surface area contributed by atoms with Gasteiger partial charge < -0.3 is 24.4 Å². The van der Waals surface area contributed by atoms with Crippen LogP contribution < -0.4 is 19.3 Å². The summed E-state index contributed by atoms with van der Waals surface area (Å²) < 4.78 is 36.0. The standard InChI is InChI=1S/C24H29ClF2N4O4/c1-28-7-9-29(10-8-28)17-14-30(15-17)20-11-19(35-23(26)27)12-21(22(20)25)31(24(32)33)13-16-3-5-18(34-2)6-4-16/h3-6,11-12,17,23H,7-10,13-15H2,1-2H3,(H,32,33). The Morgan fingerprint density at radius 2 is 1.80 bits per heavy atom. The second kappa shape index (κ2) is 10.8. The number of carbonyl (C=O) groups is 1. The number of ether oxygens (including phenoxy) is 2. The highest BCUT2D eigenvalue weighted by atomic mass is 35.5. The monoisotopic (exact) mass is 510 g/mol. The molecule has 4 rings (SSSR count). The van der Waals surface area contributed by atoms with Crippen molar-refractivity contribution in [2.45, 2.75) is 19.2 Å². The summed E-state index contributed by atoms with van der Waals surface area (Å²) in [4.78, 5) is 19.9. The Hall–Kier alpha value is -2.82. The summed E-state index contributed by atoms with van der Waals surface area (Å²) in [5.74, 6) is 0.495. The lowest BCUT2D eigenvalue weighted by atomic mass is 10.0. The van der Waals surface area contributed by atoms with Crippen LogP contribution in [0.2, 0.25) is 5.02 Å². The molecule has 0 atom stereocenters. The first-order valence-electron chi connectivity index (χ1n) is 11.3. The van der Waals surface area contributed by atoms with E-state index in [1.54, 1.807) is 31.4 Å². The fraction of sp³-hybridized carbons (Fsp3) is 0.458. The molecule has 2 aromatic rings. The molecular formula is C24H29ClF2N4O4. The third kappa shape index (κ3) is 5.88. The van der Waals surface area contributed by atoms with Gasteiger partial charge in [-0.05, 0) is 24.7 Å². The lowest BCUT2D eigenvalue weighted by molar-refractivity contribution is -0.0497. The lowest BCUT2D eigenvalue weighted by Crippen LogP contribution is -2.63. The van der Waals surface area contributed by atoms with E-state index >= 15 is 0 Å². The minimum Gasteiger partial charge on any atom is -0.497 e. The van der Waals surface area contributed by atoms with Gasteiger partial charge in [-0.2, -0.15) is 8.78 Å². The Balaban J connectivity index is 1.59. The van der Waals surface area contributed by atoms with Crippen LogP contribution in [0.1, 0.15) is 5.56 Å². The molecule has 2 aliphatic rings. The molecule has 0 radical (unpaired) electrons. The molecule has 8 nitrogen and oxygen atoms in total. The van der Waals surface area contributed by atoms with Crippen molar-refractivity contribution in [1.82, 2.24) is 9.80 Å². The van der Waals surface area contributed by atoms with Crippen molar-refractivity contribution < 1.29 is 28.2 Å². The zero-order valence-corrected chi connectivity index (χ0v) is 20.4. The van der Waals surface area contributed by atoms with Gasteiger partial charge in [-0.3, -0.25) is 9.80 Å². The Labute approximate surface area is 208 Å². The van der Waals surface area contributed by atoms with Crippen LogP contribution in [0.5, 0.6) is 11.5 Å². The molecule has 190 valence electrons. The fourth-order valence-corrected chi connectivity index (χ4v) is 4.74. The predicted molar refractivity (Wildman–Crippen MR) is 130 cm³/mol. The summed E-state index contributed by atoms with van der Waals surface area (Å²) in [5.41, 5.74) is 1.25. The maximum Gasteiger partial charge on any atom is 0.412 e. The number of likely N-dealkylation sites (N-methyl/N-ethyl adjacent to an activating group) is 1. The van der Waals surface area contributed by atoms with E-state index in [-0.39, 0.29) is 23.0 Å². The van der Waals surface area contributed by atoms with E-state index in [0.29, 0.717) is 36.1 Å². The summed E-state index contributed by atoms with van der Waals surface area (Å²) in [6.07, 6.45) is -1.26. The number of methoxy groups -OCH3 is 1.